The highest BCUT2D eigenvalue weighted by atomic mass is 32.2. The van der Waals surface area contributed by atoms with Gasteiger partial charge >= 0.3 is 0 Å². The first-order valence-corrected chi connectivity index (χ1v) is 13.9. The Morgan fingerprint density at radius 1 is 1.03 bits per heavy atom. The fourth-order valence-corrected chi connectivity index (χ4v) is 4.92. The first-order valence-electron chi connectivity index (χ1n) is 12.5. The standard InChI is InChI=1S/C29H33N3O6S/c1-29(2,3)21-8-11-23(12-9-21)37-17-16-32-25-18-22(10-15-26(25)38-19-27(32)33)30-28(34)20-6-13-24(14-7-20)39(35,36)31(4)5/h6-15,18H,16-17,19H2,1-5H3,(H,30,34). The lowest BCUT2D eigenvalue weighted by Crippen LogP contribution is -2.41. The van der Waals surface area contributed by atoms with Crippen LogP contribution in [0.15, 0.2) is 71.6 Å². The van der Waals surface area contributed by atoms with Crippen LogP contribution in [0.25, 0.3) is 0 Å². The molecule has 10 heteroatoms. The molecule has 0 bridgehead atoms. The van der Waals surface area contributed by atoms with Gasteiger partial charge in [-0.2, -0.15) is 0 Å². The number of sulfonamides is 1. The van der Waals surface area contributed by atoms with Gasteiger partial charge in [0.2, 0.25) is 10.0 Å². The van der Waals surface area contributed by atoms with Crippen molar-refractivity contribution in [3.8, 4) is 11.5 Å². The average molecular weight is 552 g/mol. The molecule has 1 aliphatic rings. The van der Waals surface area contributed by atoms with Gasteiger partial charge in [0.25, 0.3) is 11.8 Å². The Bertz CT molecular complexity index is 1460. The predicted molar refractivity (Wildman–Crippen MR) is 150 cm³/mol. The number of fused-ring (bicyclic) bond motifs is 1. The summed E-state index contributed by atoms with van der Waals surface area (Å²) >= 11 is 0. The quantitative estimate of drug-likeness (QED) is 0.448. The topological polar surface area (TPSA) is 105 Å². The van der Waals surface area contributed by atoms with Crippen molar-refractivity contribution in [2.24, 2.45) is 0 Å². The molecule has 206 valence electrons. The molecule has 0 unspecified atom stereocenters. The van der Waals surface area contributed by atoms with Crippen LogP contribution in [0.1, 0.15) is 36.7 Å². The molecule has 0 spiro atoms. The lowest BCUT2D eigenvalue weighted by Gasteiger charge is -2.29. The van der Waals surface area contributed by atoms with E-state index in [-0.39, 0.29) is 29.4 Å². The lowest BCUT2D eigenvalue weighted by molar-refractivity contribution is -0.121. The van der Waals surface area contributed by atoms with E-state index >= 15 is 0 Å². The summed E-state index contributed by atoms with van der Waals surface area (Å²) in [5, 5.41) is 2.80. The van der Waals surface area contributed by atoms with E-state index in [9.17, 15) is 18.0 Å². The van der Waals surface area contributed by atoms with Gasteiger partial charge in [-0.3, -0.25) is 9.59 Å². The summed E-state index contributed by atoms with van der Waals surface area (Å²) < 4.78 is 37.1. The third-order valence-corrected chi connectivity index (χ3v) is 8.19. The monoisotopic (exact) mass is 551 g/mol. The summed E-state index contributed by atoms with van der Waals surface area (Å²) in [6.45, 7) is 6.94. The van der Waals surface area contributed by atoms with Gasteiger partial charge in [0, 0.05) is 25.3 Å². The normalized spacial score (nSPS) is 13.6. The Balaban J connectivity index is 1.44. The minimum atomic E-state index is -3.59. The van der Waals surface area contributed by atoms with Crippen molar-refractivity contribution in [1.29, 1.82) is 0 Å². The van der Waals surface area contributed by atoms with Crippen LogP contribution >= 0.6 is 0 Å². The Morgan fingerprint density at radius 3 is 2.31 bits per heavy atom. The van der Waals surface area contributed by atoms with E-state index in [0.29, 0.717) is 35.0 Å². The number of nitrogens with zero attached hydrogens (tertiary/aromatic N) is 2. The molecule has 4 rings (SSSR count). The molecule has 1 heterocycles. The van der Waals surface area contributed by atoms with Gasteiger partial charge in [-0.15, -0.1) is 0 Å². The highest BCUT2D eigenvalue weighted by Crippen LogP contribution is 2.35. The number of rotatable bonds is 8. The van der Waals surface area contributed by atoms with Crippen molar-refractivity contribution in [2.75, 3.05) is 44.1 Å². The molecular weight excluding hydrogens is 518 g/mol. The third-order valence-electron chi connectivity index (χ3n) is 6.36. The van der Waals surface area contributed by atoms with E-state index in [4.69, 9.17) is 9.47 Å². The van der Waals surface area contributed by atoms with E-state index in [1.807, 2.05) is 24.3 Å². The third kappa shape index (κ3) is 6.40. The second-order valence-electron chi connectivity index (χ2n) is 10.4. The molecule has 2 amide bonds. The second kappa shape index (κ2) is 11.1. The summed E-state index contributed by atoms with van der Waals surface area (Å²) in [5.74, 6) is 0.616. The number of carbonyl (C=O) groups is 2. The number of hydrogen-bond acceptors (Lipinski definition) is 6. The van der Waals surface area contributed by atoms with E-state index in [1.165, 1.54) is 43.9 Å². The lowest BCUT2D eigenvalue weighted by atomic mass is 9.87. The molecule has 0 radical (unpaired) electrons. The van der Waals surface area contributed by atoms with Gasteiger partial charge in [0.1, 0.15) is 18.1 Å². The van der Waals surface area contributed by atoms with Gasteiger partial charge in [-0.05, 0) is 65.6 Å². The Hall–Kier alpha value is -3.89. The van der Waals surface area contributed by atoms with Crippen molar-refractivity contribution in [3.05, 3.63) is 77.9 Å². The molecule has 0 fully saturated rings. The number of ether oxygens (including phenoxy) is 2. The number of amides is 2. The van der Waals surface area contributed by atoms with Crippen LogP contribution in [0.5, 0.6) is 11.5 Å². The smallest absolute Gasteiger partial charge is 0.265 e. The van der Waals surface area contributed by atoms with E-state index in [0.717, 1.165) is 4.31 Å². The van der Waals surface area contributed by atoms with Gasteiger partial charge in [0.05, 0.1) is 17.1 Å². The van der Waals surface area contributed by atoms with Crippen LogP contribution in [-0.4, -0.2) is 58.4 Å². The molecular formula is C29H33N3O6S. The largest absolute Gasteiger partial charge is 0.492 e. The highest BCUT2D eigenvalue weighted by molar-refractivity contribution is 7.89. The summed E-state index contributed by atoms with van der Waals surface area (Å²) in [6, 6.07) is 18.7. The Labute approximate surface area is 229 Å². The summed E-state index contributed by atoms with van der Waals surface area (Å²) in [4.78, 5) is 27.2. The van der Waals surface area contributed by atoms with Crippen LogP contribution in [-0.2, 0) is 20.2 Å². The molecule has 0 saturated carbocycles. The summed E-state index contributed by atoms with van der Waals surface area (Å²) in [7, 11) is -0.704. The molecule has 1 N–H and O–H groups in total. The summed E-state index contributed by atoms with van der Waals surface area (Å²) in [6.07, 6.45) is 0. The molecule has 0 saturated heterocycles. The number of carbonyl (C=O) groups excluding carboxylic acids is 2. The van der Waals surface area contributed by atoms with Crippen molar-refractivity contribution < 1.29 is 27.5 Å². The van der Waals surface area contributed by atoms with Crippen LogP contribution in [0, 0.1) is 0 Å². The van der Waals surface area contributed by atoms with Gasteiger partial charge < -0.3 is 19.7 Å². The van der Waals surface area contributed by atoms with Crippen LogP contribution in [0.2, 0.25) is 0 Å². The Morgan fingerprint density at radius 2 is 1.69 bits per heavy atom. The van der Waals surface area contributed by atoms with E-state index in [1.54, 1.807) is 23.1 Å². The maximum absolute atomic E-state index is 12.8. The molecule has 3 aromatic carbocycles. The minimum Gasteiger partial charge on any atom is -0.492 e. The van der Waals surface area contributed by atoms with Gasteiger partial charge in [-0.1, -0.05) is 32.9 Å². The molecule has 1 aliphatic heterocycles. The van der Waals surface area contributed by atoms with Crippen molar-refractivity contribution in [3.63, 3.8) is 0 Å². The fourth-order valence-electron chi connectivity index (χ4n) is 4.02. The SMILES string of the molecule is CN(C)S(=O)(=O)c1ccc(C(=O)Nc2ccc3c(c2)N(CCOc2ccc(C(C)(C)C)cc2)C(=O)CO3)cc1. The minimum absolute atomic E-state index is 0.0474. The van der Waals surface area contributed by atoms with Crippen LogP contribution in [0.4, 0.5) is 11.4 Å². The highest BCUT2D eigenvalue weighted by Gasteiger charge is 2.26. The van der Waals surface area contributed by atoms with Crippen molar-refractivity contribution in [1.82, 2.24) is 4.31 Å². The maximum Gasteiger partial charge on any atom is 0.265 e. The zero-order chi connectivity index (χ0) is 28.4. The Kier molecular flexibility index (Phi) is 7.99. The number of nitrogens with one attached hydrogen (secondary N) is 1. The molecule has 9 nitrogen and oxygen atoms in total. The van der Waals surface area contributed by atoms with Gasteiger partial charge in [-0.25, -0.2) is 12.7 Å². The van der Waals surface area contributed by atoms with E-state index < -0.39 is 15.9 Å². The zero-order valence-electron chi connectivity index (χ0n) is 22.7. The van der Waals surface area contributed by atoms with E-state index in [2.05, 4.69) is 26.1 Å². The van der Waals surface area contributed by atoms with Crippen molar-refractivity contribution in [2.45, 2.75) is 31.1 Å². The first kappa shape index (κ1) is 28.1. The first-order chi connectivity index (χ1) is 18.4. The summed E-state index contributed by atoms with van der Waals surface area (Å²) in [5.41, 5.74) is 2.54. The molecule has 3 aromatic rings. The number of hydrogen-bond donors (Lipinski definition) is 1. The molecule has 0 aliphatic carbocycles. The second-order valence-corrected chi connectivity index (χ2v) is 12.6. The zero-order valence-corrected chi connectivity index (χ0v) is 23.5. The van der Waals surface area contributed by atoms with Crippen LogP contribution in [0.3, 0.4) is 0 Å². The fraction of sp³-hybridized carbons (Fsp3) is 0.310. The number of anilines is 2. The van der Waals surface area contributed by atoms with Crippen molar-refractivity contribution >= 4 is 33.2 Å². The maximum atomic E-state index is 12.8. The van der Waals surface area contributed by atoms with Crippen LogP contribution < -0.4 is 19.7 Å². The average Bonchev–Trinajstić information content (AvgIpc) is 2.89. The predicted octanol–water partition coefficient (Wildman–Crippen LogP) is 4.29. The molecule has 0 atom stereocenters. The van der Waals surface area contributed by atoms with Gasteiger partial charge in [0.15, 0.2) is 6.61 Å². The number of benzene rings is 3. The molecule has 39 heavy (non-hydrogen) atoms. The molecule has 0 aromatic heterocycles.